The first kappa shape index (κ1) is 49.5. The molecule has 0 saturated carbocycles. The molecule has 0 heterocycles. The number of allylic oxidation sites excluding steroid dienone is 24. The summed E-state index contributed by atoms with van der Waals surface area (Å²) < 4.78 is 0. The topological polar surface area (TPSA) is 77.4 Å². The Balaban J connectivity index is 4.30. The van der Waals surface area contributed by atoms with Crippen molar-refractivity contribution in [2.75, 3.05) is 0 Å². The fraction of sp³-hybridized carbons (Fsp3) is 0.400. The number of carboxylic acids is 1. The van der Waals surface area contributed by atoms with Crippen LogP contribution in [0.5, 0.6) is 0 Å². The van der Waals surface area contributed by atoms with Crippen LogP contribution in [0, 0.1) is 5.92 Å². The minimum atomic E-state index is -1.16. The summed E-state index contributed by atoms with van der Waals surface area (Å²) in [4.78, 5) is 21.1. The average Bonchev–Trinajstić information content (AvgIpc) is 3.13. The van der Waals surface area contributed by atoms with Crippen molar-refractivity contribution in [3.63, 3.8) is 0 Å². The van der Waals surface area contributed by atoms with Gasteiger partial charge in [0.05, 0.1) is 12.1 Å². The van der Waals surface area contributed by atoms with Crippen LogP contribution in [0.15, 0.2) is 167 Å². The number of hydrogen-bond acceptors (Lipinski definition) is 4. The maximum atomic E-state index is 10.6. The lowest BCUT2D eigenvalue weighted by Gasteiger charge is -2.05. The van der Waals surface area contributed by atoms with Gasteiger partial charge in [0.2, 0.25) is 0 Å². The van der Waals surface area contributed by atoms with E-state index in [1.54, 1.807) is 19.1 Å². The van der Waals surface area contributed by atoms with Gasteiger partial charge in [0, 0.05) is 0 Å². The van der Waals surface area contributed by atoms with Gasteiger partial charge in [0.15, 0.2) is 0 Å². The van der Waals surface area contributed by atoms with Crippen LogP contribution in [-0.4, -0.2) is 23.5 Å². The van der Waals surface area contributed by atoms with Crippen molar-refractivity contribution in [3.8, 4) is 0 Å². The first-order chi connectivity index (χ1) is 25.8. The molecule has 294 valence electrons. The quantitative estimate of drug-likeness (QED) is 0.0376. The van der Waals surface area contributed by atoms with Crippen molar-refractivity contribution >= 4 is 12.3 Å². The second-order valence-corrected chi connectivity index (χ2v) is 14.1. The molecule has 0 fully saturated rings. The zero-order chi connectivity index (χ0) is 40.4. The molecule has 0 radical (unpaired) electrons. The number of carboxylic acid groups (broad SMARTS) is 1. The molecule has 0 spiro atoms. The molecule has 0 aromatic rings. The van der Waals surface area contributed by atoms with E-state index < -0.39 is 12.1 Å². The van der Waals surface area contributed by atoms with E-state index in [2.05, 4.69) is 126 Å². The fourth-order valence-corrected chi connectivity index (χ4v) is 4.89. The van der Waals surface area contributed by atoms with E-state index in [9.17, 15) is 19.8 Å². The van der Waals surface area contributed by atoms with E-state index in [1.165, 1.54) is 22.3 Å². The highest BCUT2D eigenvalue weighted by molar-refractivity contribution is 5.79. The van der Waals surface area contributed by atoms with Gasteiger partial charge >= 0.3 is 0 Å². The van der Waals surface area contributed by atoms with Crippen molar-refractivity contribution in [2.45, 2.75) is 125 Å². The van der Waals surface area contributed by atoms with Crippen molar-refractivity contribution in [3.05, 3.63) is 167 Å². The molecule has 0 aromatic heterocycles. The molecule has 1 N–H and O–H groups in total. The normalized spacial score (nSPS) is 15.8. The van der Waals surface area contributed by atoms with Gasteiger partial charge in [0.25, 0.3) is 0 Å². The van der Waals surface area contributed by atoms with Crippen LogP contribution in [0.1, 0.15) is 119 Å². The Bertz CT molecular complexity index is 1520. The van der Waals surface area contributed by atoms with Crippen LogP contribution in [0.3, 0.4) is 0 Å². The molecule has 0 aliphatic carbocycles. The van der Waals surface area contributed by atoms with Crippen molar-refractivity contribution in [1.82, 2.24) is 0 Å². The Kier molecular flexibility index (Phi) is 30.3. The molecule has 0 aliphatic rings. The molecule has 0 aliphatic heterocycles. The summed E-state index contributed by atoms with van der Waals surface area (Å²) in [6.07, 6.45) is 51.4. The van der Waals surface area contributed by atoms with Crippen LogP contribution in [0.4, 0.5) is 0 Å². The number of aliphatic hydroxyl groups excluding tert-OH is 1. The summed E-state index contributed by atoms with van der Waals surface area (Å²) in [7, 11) is 0. The second-order valence-electron chi connectivity index (χ2n) is 14.1. The first-order valence-electron chi connectivity index (χ1n) is 19.4. The van der Waals surface area contributed by atoms with Gasteiger partial charge in [0.1, 0.15) is 6.29 Å². The number of aliphatic hydroxyl groups is 1. The smallest absolute Gasteiger partial charge is 0.145 e. The monoisotopic (exact) mass is 734 g/mol. The maximum Gasteiger partial charge on any atom is 0.145 e. The van der Waals surface area contributed by atoms with Crippen LogP contribution < -0.4 is 5.11 Å². The zero-order valence-electron chi connectivity index (χ0n) is 34.4. The highest BCUT2D eigenvalue weighted by atomic mass is 16.4. The molecular formula is C50H69O4-. The lowest BCUT2D eigenvalue weighted by atomic mass is 10.0. The molecule has 0 rings (SSSR count). The largest absolute Gasteiger partial charge is 0.545 e. The van der Waals surface area contributed by atoms with Gasteiger partial charge in [-0.3, -0.25) is 4.79 Å². The highest BCUT2D eigenvalue weighted by Gasteiger charge is 2.00. The van der Waals surface area contributed by atoms with Gasteiger partial charge in [-0.05, 0) is 141 Å². The predicted molar refractivity (Wildman–Crippen MR) is 233 cm³/mol. The Labute approximate surface area is 329 Å². The van der Waals surface area contributed by atoms with Gasteiger partial charge in [-0.1, -0.05) is 151 Å². The Morgan fingerprint density at radius 1 is 0.648 bits per heavy atom. The predicted octanol–water partition coefficient (Wildman–Crippen LogP) is 12.4. The van der Waals surface area contributed by atoms with E-state index in [1.807, 2.05) is 25.2 Å². The third kappa shape index (κ3) is 32.1. The van der Waals surface area contributed by atoms with Gasteiger partial charge in [-0.25, -0.2) is 0 Å². The lowest BCUT2D eigenvalue weighted by Crippen LogP contribution is -2.19. The van der Waals surface area contributed by atoms with Crippen molar-refractivity contribution in [1.29, 1.82) is 0 Å². The molecule has 0 aromatic carbocycles. The summed E-state index contributed by atoms with van der Waals surface area (Å²) in [5.74, 6) is -0.646. The number of hydrogen-bond donors (Lipinski definition) is 1. The van der Waals surface area contributed by atoms with Crippen molar-refractivity contribution in [2.24, 2.45) is 5.92 Å². The third-order valence-corrected chi connectivity index (χ3v) is 8.49. The minimum Gasteiger partial charge on any atom is -0.545 e. The number of rotatable bonds is 28. The number of carbonyl (C=O) groups excluding carboxylic acids is 2. The van der Waals surface area contributed by atoms with Gasteiger partial charge < -0.3 is 15.0 Å². The van der Waals surface area contributed by atoms with Crippen LogP contribution in [-0.2, 0) is 9.59 Å². The van der Waals surface area contributed by atoms with E-state index in [0.29, 0.717) is 23.5 Å². The minimum absolute atomic E-state index is 0.459. The molecular weight excluding hydrogens is 665 g/mol. The molecule has 0 amide bonds. The molecule has 0 unspecified atom stereocenters. The number of aldehydes is 1. The first-order valence-corrected chi connectivity index (χ1v) is 19.4. The summed E-state index contributed by atoms with van der Waals surface area (Å²) in [5, 5.41) is 20.7. The van der Waals surface area contributed by atoms with Crippen LogP contribution >= 0.6 is 0 Å². The summed E-state index contributed by atoms with van der Waals surface area (Å²) >= 11 is 0. The van der Waals surface area contributed by atoms with Crippen LogP contribution in [0.2, 0.25) is 0 Å². The van der Waals surface area contributed by atoms with Crippen LogP contribution in [0.25, 0.3) is 0 Å². The average molecular weight is 734 g/mol. The Morgan fingerprint density at radius 3 is 2.02 bits per heavy atom. The number of aliphatic carboxylic acids is 1. The standard InChI is InChI=1S/C50H70O4/c1-41(26-17-18-27-42(2)29-21-22-31-46(6)39-50(53)54)28-19-20-30-43(3)32-23-33-45(5)38-37-44(4)25-15-13-11-9-10-12-14-16-35-48(8)49(52)36-24-34-47(7)40-51/h9,11-15,17-19,22,24,28-29,31-33,35-37,39-41,49,52H,7,10,16,20-21,23,25-27,30,34,38H2,1-6,8H3,(H,53,54)/p-1/b11-9+,14-12+,15-13-,18-17+,28-19+,31-22+,36-24+,42-29+,43-32+,44-37+,45-33+,46-39-,48-35+/t41-,49+/m1/s1. The Hall–Kier alpha value is -4.54. The van der Waals surface area contributed by atoms with E-state index in [0.717, 1.165) is 82.1 Å². The third-order valence-electron chi connectivity index (χ3n) is 8.49. The van der Waals surface area contributed by atoms with E-state index >= 15 is 0 Å². The van der Waals surface area contributed by atoms with Crippen molar-refractivity contribution < 1.29 is 19.8 Å². The molecule has 4 nitrogen and oxygen atoms in total. The highest BCUT2D eigenvalue weighted by Crippen LogP contribution is 2.13. The van der Waals surface area contributed by atoms with Gasteiger partial charge in [-0.2, -0.15) is 0 Å². The lowest BCUT2D eigenvalue weighted by molar-refractivity contribution is -0.297. The summed E-state index contributed by atoms with van der Waals surface area (Å²) in [6.45, 7) is 18.3. The maximum absolute atomic E-state index is 10.6. The Morgan fingerprint density at radius 2 is 1.28 bits per heavy atom. The molecule has 4 heteroatoms. The molecule has 54 heavy (non-hydrogen) atoms. The zero-order valence-corrected chi connectivity index (χ0v) is 34.4. The van der Waals surface area contributed by atoms with E-state index in [4.69, 9.17) is 0 Å². The summed E-state index contributed by atoms with van der Waals surface area (Å²) in [6, 6.07) is 0. The summed E-state index contributed by atoms with van der Waals surface area (Å²) in [5.41, 5.74) is 7.57. The SMILES string of the molecule is C=C(C=O)C/C=C/[C@H](O)/C(C)=C/C/C=C/C/C=C/C=C\C/C(C)=C/C/C(C)=C/C/C=C(\C)CC/C=C/[C@H](C)C/C=C/C/C(C)=C/C/C=C/C(C)=C\C(=O)[O-]. The molecule has 0 saturated heterocycles. The molecule has 0 bridgehead atoms. The number of carbonyl (C=O) groups is 2. The molecule has 2 atom stereocenters. The fourth-order valence-electron chi connectivity index (χ4n) is 4.89. The van der Waals surface area contributed by atoms with Gasteiger partial charge in [-0.15, -0.1) is 0 Å². The second kappa shape index (κ2) is 33.1. The van der Waals surface area contributed by atoms with E-state index in [-0.39, 0.29) is 0 Å².